The molecule has 0 atom stereocenters. The SMILES string of the molecule is Cc1c(NC(=O)c2ccc3c(c2)CCN(C(=O)OC(C)(C)C)C3)nnn1Cc1ccc(Cl)c(Cl)c1. The fourth-order valence-corrected chi connectivity index (χ4v) is 4.11. The van der Waals surface area contributed by atoms with E-state index in [-0.39, 0.29) is 12.0 Å². The van der Waals surface area contributed by atoms with Crippen molar-refractivity contribution in [3.8, 4) is 0 Å². The van der Waals surface area contributed by atoms with Crippen molar-refractivity contribution in [1.82, 2.24) is 19.9 Å². The van der Waals surface area contributed by atoms with Gasteiger partial charge in [0.1, 0.15) is 5.60 Å². The van der Waals surface area contributed by atoms with Gasteiger partial charge in [-0.2, -0.15) is 0 Å². The van der Waals surface area contributed by atoms with Crippen molar-refractivity contribution >= 4 is 41.0 Å². The number of carbonyl (C=O) groups is 2. The monoisotopic (exact) mass is 515 g/mol. The minimum Gasteiger partial charge on any atom is -0.444 e. The second kappa shape index (κ2) is 9.87. The van der Waals surface area contributed by atoms with E-state index in [1.807, 2.05) is 45.9 Å². The maximum atomic E-state index is 12.9. The van der Waals surface area contributed by atoms with Crippen LogP contribution in [0, 0.1) is 6.92 Å². The maximum Gasteiger partial charge on any atom is 0.410 e. The molecule has 2 heterocycles. The summed E-state index contributed by atoms with van der Waals surface area (Å²) < 4.78 is 7.17. The average Bonchev–Trinajstić information content (AvgIpc) is 3.13. The lowest BCUT2D eigenvalue weighted by atomic mass is 9.97. The van der Waals surface area contributed by atoms with E-state index in [0.717, 1.165) is 22.4 Å². The number of amides is 2. The molecule has 2 amide bonds. The largest absolute Gasteiger partial charge is 0.444 e. The summed E-state index contributed by atoms with van der Waals surface area (Å²) in [5.41, 5.74) is 3.66. The van der Waals surface area contributed by atoms with E-state index >= 15 is 0 Å². The highest BCUT2D eigenvalue weighted by molar-refractivity contribution is 6.42. The number of rotatable bonds is 4. The average molecular weight is 516 g/mol. The molecule has 0 aliphatic carbocycles. The molecule has 0 saturated heterocycles. The number of benzene rings is 2. The van der Waals surface area contributed by atoms with E-state index in [4.69, 9.17) is 27.9 Å². The van der Waals surface area contributed by atoms with Crippen molar-refractivity contribution in [3.05, 3.63) is 74.4 Å². The van der Waals surface area contributed by atoms with E-state index in [0.29, 0.717) is 47.5 Å². The molecule has 184 valence electrons. The number of ether oxygens (including phenoxy) is 1. The lowest BCUT2D eigenvalue weighted by Crippen LogP contribution is -2.39. The molecule has 0 saturated carbocycles. The molecule has 8 nitrogen and oxygen atoms in total. The Balaban J connectivity index is 1.42. The zero-order valence-corrected chi connectivity index (χ0v) is 21.6. The topological polar surface area (TPSA) is 89.3 Å². The molecule has 3 aromatic rings. The number of hydrogen-bond donors (Lipinski definition) is 1. The Hall–Kier alpha value is -3.10. The Morgan fingerprint density at radius 3 is 2.57 bits per heavy atom. The third-order valence-corrected chi connectivity index (χ3v) is 6.40. The van der Waals surface area contributed by atoms with Crippen LogP contribution in [-0.4, -0.2) is 44.0 Å². The van der Waals surface area contributed by atoms with Crippen LogP contribution in [0.5, 0.6) is 0 Å². The molecule has 1 aromatic heterocycles. The number of fused-ring (bicyclic) bond motifs is 1. The van der Waals surface area contributed by atoms with Crippen LogP contribution in [0.1, 0.15) is 53.5 Å². The number of halogens is 2. The van der Waals surface area contributed by atoms with Crippen LogP contribution in [0.4, 0.5) is 10.6 Å². The van der Waals surface area contributed by atoms with Crippen LogP contribution in [-0.2, 0) is 24.2 Å². The van der Waals surface area contributed by atoms with Gasteiger partial charge in [-0.15, -0.1) is 5.10 Å². The Bertz CT molecular complexity index is 1280. The number of hydrogen-bond acceptors (Lipinski definition) is 5. The number of nitrogens with one attached hydrogen (secondary N) is 1. The third-order valence-electron chi connectivity index (χ3n) is 5.66. The number of carbonyl (C=O) groups excluding carboxylic acids is 2. The summed E-state index contributed by atoms with van der Waals surface area (Å²) in [6, 6.07) is 10.9. The van der Waals surface area contributed by atoms with Gasteiger partial charge in [-0.05, 0) is 75.1 Å². The van der Waals surface area contributed by atoms with Crippen molar-refractivity contribution in [2.45, 2.75) is 52.8 Å². The molecule has 4 rings (SSSR count). The molecule has 1 aliphatic rings. The molecule has 0 fully saturated rings. The summed E-state index contributed by atoms with van der Waals surface area (Å²) in [6.45, 7) is 8.82. The number of nitrogens with zero attached hydrogens (tertiary/aromatic N) is 4. The molecule has 0 radical (unpaired) electrons. The van der Waals surface area contributed by atoms with Crippen LogP contribution in [0.3, 0.4) is 0 Å². The van der Waals surface area contributed by atoms with Gasteiger partial charge in [-0.1, -0.05) is 40.5 Å². The van der Waals surface area contributed by atoms with Gasteiger partial charge in [0.05, 0.1) is 22.3 Å². The van der Waals surface area contributed by atoms with Crippen molar-refractivity contribution in [2.75, 3.05) is 11.9 Å². The van der Waals surface area contributed by atoms with Gasteiger partial charge in [-0.3, -0.25) is 4.79 Å². The van der Waals surface area contributed by atoms with Crippen molar-refractivity contribution in [2.24, 2.45) is 0 Å². The van der Waals surface area contributed by atoms with E-state index in [1.54, 1.807) is 27.8 Å². The van der Waals surface area contributed by atoms with Crippen molar-refractivity contribution in [3.63, 3.8) is 0 Å². The van der Waals surface area contributed by atoms with Crippen LogP contribution in [0.25, 0.3) is 0 Å². The summed E-state index contributed by atoms with van der Waals surface area (Å²) in [5.74, 6) is 0.121. The predicted molar refractivity (Wildman–Crippen MR) is 135 cm³/mol. The molecular formula is C25H27Cl2N5O3. The zero-order valence-electron chi connectivity index (χ0n) is 20.1. The second-order valence-electron chi connectivity index (χ2n) is 9.52. The van der Waals surface area contributed by atoms with Gasteiger partial charge in [0, 0.05) is 18.7 Å². The summed E-state index contributed by atoms with van der Waals surface area (Å²) >= 11 is 12.1. The molecule has 10 heteroatoms. The molecule has 0 spiro atoms. The predicted octanol–water partition coefficient (Wildman–Crippen LogP) is 5.49. The highest BCUT2D eigenvalue weighted by Gasteiger charge is 2.26. The molecule has 35 heavy (non-hydrogen) atoms. The van der Waals surface area contributed by atoms with E-state index in [9.17, 15) is 9.59 Å². The standard InChI is InChI=1S/C25H27Cl2N5O3/c1-15-22(29-30-32(15)13-16-5-8-20(26)21(27)11-16)28-23(33)18-6-7-19-14-31(10-9-17(19)12-18)24(34)35-25(2,3)4/h5-8,11-12H,9-10,13-14H2,1-4H3,(H,28,33). The molecule has 1 aliphatic heterocycles. The molecule has 2 aromatic carbocycles. The summed E-state index contributed by atoms with van der Waals surface area (Å²) in [4.78, 5) is 27.0. The fourth-order valence-electron chi connectivity index (χ4n) is 3.79. The van der Waals surface area contributed by atoms with E-state index in [1.165, 1.54) is 0 Å². The first-order valence-corrected chi connectivity index (χ1v) is 12.0. The third kappa shape index (κ3) is 5.94. The first-order valence-electron chi connectivity index (χ1n) is 11.3. The minimum atomic E-state index is -0.541. The van der Waals surface area contributed by atoms with Crippen LogP contribution in [0.2, 0.25) is 10.0 Å². The van der Waals surface area contributed by atoms with Gasteiger partial charge >= 0.3 is 6.09 Å². The van der Waals surface area contributed by atoms with Gasteiger partial charge in [0.15, 0.2) is 5.82 Å². The van der Waals surface area contributed by atoms with Gasteiger partial charge < -0.3 is 15.0 Å². The molecule has 0 unspecified atom stereocenters. The fraction of sp³-hybridized carbons (Fsp3) is 0.360. The Labute approximate surface area is 214 Å². The Morgan fingerprint density at radius 1 is 1.09 bits per heavy atom. The number of aromatic nitrogens is 3. The maximum absolute atomic E-state index is 12.9. The highest BCUT2D eigenvalue weighted by atomic mass is 35.5. The summed E-state index contributed by atoms with van der Waals surface area (Å²) in [6.07, 6.45) is 0.318. The van der Waals surface area contributed by atoms with Crippen LogP contribution < -0.4 is 5.32 Å². The molecule has 0 bridgehead atoms. The first-order chi connectivity index (χ1) is 16.5. The van der Waals surface area contributed by atoms with Crippen LogP contribution >= 0.6 is 23.2 Å². The van der Waals surface area contributed by atoms with Crippen LogP contribution in [0.15, 0.2) is 36.4 Å². The van der Waals surface area contributed by atoms with Gasteiger partial charge in [0.2, 0.25) is 0 Å². The smallest absolute Gasteiger partial charge is 0.410 e. The lowest BCUT2D eigenvalue weighted by molar-refractivity contribution is 0.0224. The van der Waals surface area contributed by atoms with Crippen molar-refractivity contribution in [1.29, 1.82) is 0 Å². The Morgan fingerprint density at radius 2 is 1.86 bits per heavy atom. The molecular weight excluding hydrogens is 489 g/mol. The normalized spacial score (nSPS) is 13.4. The quantitative estimate of drug-likeness (QED) is 0.496. The van der Waals surface area contributed by atoms with Gasteiger partial charge in [0.25, 0.3) is 5.91 Å². The lowest BCUT2D eigenvalue weighted by Gasteiger charge is -2.31. The van der Waals surface area contributed by atoms with Gasteiger partial charge in [-0.25, -0.2) is 9.48 Å². The highest BCUT2D eigenvalue weighted by Crippen LogP contribution is 2.25. The number of anilines is 1. The molecule has 1 N–H and O–H groups in total. The summed E-state index contributed by atoms with van der Waals surface area (Å²) in [7, 11) is 0. The first kappa shape index (κ1) is 25.0. The summed E-state index contributed by atoms with van der Waals surface area (Å²) in [5, 5.41) is 12.1. The van der Waals surface area contributed by atoms with E-state index < -0.39 is 5.60 Å². The second-order valence-corrected chi connectivity index (χ2v) is 10.3. The van der Waals surface area contributed by atoms with E-state index in [2.05, 4.69) is 15.6 Å². The Kier molecular flexibility index (Phi) is 7.05. The van der Waals surface area contributed by atoms with Crippen molar-refractivity contribution < 1.29 is 14.3 Å². The minimum absolute atomic E-state index is 0.271. The zero-order chi connectivity index (χ0) is 25.3.